The minimum absolute atomic E-state index is 0.0491. The molecule has 0 aliphatic rings. The van der Waals surface area contributed by atoms with Crippen LogP contribution in [0.15, 0.2) is 47.6 Å². The molecule has 0 bridgehead atoms. The molecule has 156 valence electrons. The lowest BCUT2D eigenvalue weighted by molar-refractivity contribution is -0.115. The average molecular weight is 453 g/mol. The van der Waals surface area contributed by atoms with Crippen molar-refractivity contribution in [1.82, 2.24) is 0 Å². The molecule has 0 aliphatic carbocycles. The van der Waals surface area contributed by atoms with Crippen molar-refractivity contribution in [3.05, 3.63) is 58.9 Å². The maximum Gasteiger partial charge on any atom is 0.517 e. The molecule has 2 aromatic rings. The highest BCUT2D eigenvalue weighted by atomic mass is 35.5. The second-order valence-corrected chi connectivity index (χ2v) is 7.83. The maximum atomic E-state index is 13.1. The second-order valence-electron chi connectivity index (χ2n) is 5.62. The fraction of sp³-hybridized carbons (Fsp3) is 0.176. The molecule has 1 amide bonds. The van der Waals surface area contributed by atoms with Gasteiger partial charge in [0.1, 0.15) is 5.82 Å². The number of hydrogen-bond acceptors (Lipinski definition) is 5. The molecule has 0 unspecified atom stereocenters. The van der Waals surface area contributed by atoms with Crippen LogP contribution in [0.4, 0.5) is 23.2 Å². The van der Waals surface area contributed by atoms with Gasteiger partial charge < -0.3 is 4.84 Å². The molecule has 29 heavy (non-hydrogen) atoms. The van der Waals surface area contributed by atoms with E-state index in [1.54, 1.807) is 0 Å². The van der Waals surface area contributed by atoms with E-state index in [1.165, 1.54) is 19.1 Å². The third kappa shape index (κ3) is 5.04. The first-order valence-corrected chi connectivity index (χ1v) is 9.55. The summed E-state index contributed by atoms with van der Waals surface area (Å²) in [5.41, 5.74) is -6.60. The number of hydrogen-bond donors (Lipinski definition) is 0. The van der Waals surface area contributed by atoms with E-state index in [2.05, 4.69) is 5.16 Å². The van der Waals surface area contributed by atoms with E-state index in [9.17, 15) is 30.8 Å². The number of halogens is 5. The Balaban J connectivity index is 2.56. The van der Waals surface area contributed by atoms with Gasteiger partial charge in [-0.1, -0.05) is 16.8 Å². The van der Waals surface area contributed by atoms with E-state index >= 15 is 0 Å². The van der Waals surface area contributed by atoms with Gasteiger partial charge in [-0.25, -0.2) is 4.39 Å². The Kier molecular flexibility index (Phi) is 6.53. The SMILES string of the molecule is CC(=O)N(c1ccc(Cl)cc1/C(C)=N/Oc1ccc(F)cc1)S(=O)(=O)C(F)(F)F. The van der Waals surface area contributed by atoms with Crippen LogP contribution in [0.25, 0.3) is 0 Å². The van der Waals surface area contributed by atoms with Crippen molar-refractivity contribution >= 4 is 38.9 Å². The summed E-state index contributed by atoms with van der Waals surface area (Å²) < 4.78 is 75.5. The van der Waals surface area contributed by atoms with E-state index in [4.69, 9.17) is 16.4 Å². The van der Waals surface area contributed by atoms with Crippen LogP contribution in [0.2, 0.25) is 5.02 Å². The molecule has 0 atom stereocenters. The minimum Gasteiger partial charge on any atom is -0.357 e. The first-order chi connectivity index (χ1) is 13.3. The first kappa shape index (κ1) is 22.6. The molecule has 0 fully saturated rings. The monoisotopic (exact) mass is 452 g/mol. The van der Waals surface area contributed by atoms with Crippen LogP contribution in [0.5, 0.6) is 5.75 Å². The predicted molar refractivity (Wildman–Crippen MR) is 98.8 cm³/mol. The van der Waals surface area contributed by atoms with Crippen LogP contribution >= 0.6 is 11.6 Å². The molecule has 0 saturated carbocycles. The van der Waals surface area contributed by atoms with Gasteiger partial charge in [-0.15, -0.1) is 0 Å². The third-order valence-electron chi connectivity index (χ3n) is 3.49. The summed E-state index contributed by atoms with van der Waals surface area (Å²) in [6, 6.07) is 7.89. The number of oxime groups is 1. The number of amides is 1. The van der Waals surface area contributed by atoms with Crippen LogP contribution in [0.1, 0.15) is 19.4 Å². The van der Waals surface area contributed by atoms with Gasteiger partial charge in [0.25, 0.3) is 0 Å². The average Bonchev–Trinajstić information content (AvgIpc) is 2.61. The highest BCUT2D eigenvalue weighted by molar-refractivity contribution is 7.94. The highest BCUT2D eigenvalue weighted by Gasteiger charge is 2.52. The topological polar surface area (TPSA) is 76.0 Å². The lowest BCUT2D eigenvalue weighted by Crippen LogP contribution is -2.44. The highest BCUT2D eigenvalue weighted by Crippen LogP contribution is 2.34. The summed E-state index contributed by atoms with van der Waals surface area (Å²) in [5.74, 6) is -1.80. The smallest absolute Gasteiger partial charge is 0.357 e. The van der Waals surface area contributed by atoms with E-state index in [0.29, 0.717) is 6.92 Å². The minimum atomic E-state index is -6.03. The third-order valence-corrected chi connectivity index (χ3v) is 5.24. The van der Waals surface area contributed by atoms with Crippen molar-refractivity contribution in [3.63, 3.8) is 0 Å². The van der Waals surface area contributed by atoms with Crippen LogP contribution < -0.4 is 9.14 Å². The maximum absolute atomic E-state index is 13.1. The van der Waals surface area contributed by atoms with Crippen LogP contribution in [0, 0.1) is 5.82 Å². The summed E-state index contributed by atoms with van der Waals surface area (Å²) >= 11 is 5.87. The summed E-state index contributed by atoms with van der Waals surface area (Å²) in [7, 11) is -6.03. The largest absolute Gasteiger partial charge is 0.517 e. The number of carbonyl (C=O) groups is 1. The Morgan fingerprint density at radius 3 is 2.21 bits per heavy atom. The van der Waals surface area contributed by atoms with Crippen molar-refractivity contribution in [2.75, 3.05) is 4.31 Å². The van der Waals surface area contributed by atoms with Gasteiger partial charge in [-0.2, -0.15) is 25.9 Å². The summed E-state index contributed by atoms with van der Waals surface area (Å²) in [6.07, 6.45) is 0. The van der Waals surface area contributed by atoms with Crippen molar-refractivity contribution in [2.24, 2.45) is 5.16 Å². The Hall–Kier alpha value is -2.66. The molecule has 0 N–H and O–H groups in total. The Morgan fingerprint density at radius 1 is 1.10 bits per heavy atom. The first-order valence-electron chi connectivity index (χ1n) is 7.74. The van der Waals surface area contributed by atoms with Crippen molar-refractivity contribution in [1.29, 1.82) is 0 Å². The van der Waals surface area contributed by atoms with Crippen LogP contribution in [-0.4, -0.2) is 25.5 Å². The second kappa shape index (κ2) is 8.37. The number of sulfonamides is 1. The van der Waals surface area contributed by atoms with Gasteiger partial charge >= 0.3 is 15.5 Å². The zero-order valence-electron chi connectivity index (χ0n) is 14.9. The quantitative estimate of drug-likeness (QED) is 0.380. The molecule has 0 spiro atoms. The van der Waals surface area contributed by atoms with E-state index in [1.807, 2.05) is 0 Å². The number of rotatable bonds is 5. The molecule has 0 radical (unpaired) electrons. The summed E-state index contributed by atoms with van der Waals surface area (Å²) in [4.78, 5) is 16.9. The molecular formula is C17H13ClF4N2O4S. The van der Waals surface area contributed by atoms with Gasteiger partial charge in [0, 0.05) is 17.5 Å². The molecule has 12 heteroatoms. The number of nitrogens with zero attached hydrogens (tertiary/aromatic N) is 2. The number of anilines is 1. The zero-order valence-corrected chi connectivity index (χ0v) is 16.4. The summed E-state index contributed by atoms with van der Waals surface area (Å²) in [6.45, 7) is 1.97. The molecule has 0 aromatic heterocycles. The van der Waals surface area contributed by atoms with E-state index < -0.39 is 32.9 Å². The Bertz CT molecular complexity index is 1050. The Morgan fingerprint density at radius 2 is 1.69 bits per heavy atom. The molecule has 2 aromatic carbocycles. The Labute approximate surface area is 168 Å². The number of carbonyl (C=O) groups excluding carboxylic acids is 1. The van der Waals surface area contributed by atoms with E-state index in [0.717, 1.165) is 30.3 Å². The molecule has 0 saturated heterocycles. The van der Waals surface area contributed by atoms with Gasteiger partial charge in [0.2, 0.25) is 5.91 Å². The van der Waals surface area contributed by atoms with Crippen LogP contribution in [-0.2, 0) is 14.8 Å². The molecule has 2 rings (SSSR count). The van der Waals surface area contributed by atoms with E-state index in [-0.39, 0.29) is 26.4 Å². The fourth-order valence-corrected chi connectivity index (χ4v) is 3.35. The van der Waals surface area contributed by atoms with Gasteiger partial charge in [-0.05, 0) is 49.4 Å². The zero-order chi connectivity index (χ0) is 22.0. The van der Waals surface area contributed by atoms with Crippen molar-refractivity contribution < 1.29 is 35.6 Å². The van der Waals surface area contributed by atoms with Crippen molar-refractivity contribution in [3.8, 4) is 5.75 Å². The molecular weight excluding hydrogens is 440 g/mol. The van der Waals surface area contributed by atoms with Gasteiger partial charge in [0.05, 0.1) is 11.4 Å². The van der Waals surface area contributed by atoms with Gasteiger partial charge in [-0.3, -0.25) is 4.79 Å². The lowest BCUT2D eigenvalue weighted by Gasteiger charge is -2.24. The number of alkyl halides is 3. The standard InChI is InChI=1S/C17H13ClF4N2O4S/c1-10(23-28-14-6-4-13(19)5-7-14)15-9-12(18)3-8-16(15)24(11(2)25)29(26,27)17(20,21)22/h3-9H,1-2H3/b23-10+. The van der Waals surface area contributed by atoms with Crippen LogP contribution in [0.3, 0.4) is 0 Å². The van der Waals surface area contributed by atoms with Crippen molar-refractivity contribution in [2.45, 2.75) is 19.4 Å². The fourth-order valence-electron chi connectivity index (χ4n) is 2.21. The molecule has 6 nitrogen and oxygen atoms in total. The normalized spacial score (nSPS) is 12.6. The lowest BCUT2D eigenvalue weighted by atomic mass is 10.1. The number of benzene rings is 2. The summed E-state index contributed by atoms with van der Waals surface area (Å²) in [5, 5.41) is 3.75. The predicted octanol–water partition coefficient (Wildman–Crippen LogP) is 4.48. The molecule has 0 heterocycles. The van der Waals surface area contributed by atoms with Gasteiger partial charge in [0.15, 0.2) is 5.75 Å². The molecule has 0 aliphatic heterocycles.